The minimum absolute atomic E-state index is 0.0348. The van der Waals surface area contributed by atoms with Gasteiger partial charge in [-0.2, -0.15) is 0 Å². The zero-order chi connectivity index (χ0) is 20.6. The van der Waals surface area contributed by atoms with Gasteiger partial charge >= 0.3 is 6.09 Å². The van der Waals surface area contributed by atoms with Gasteiger partial charge in [0.2, 0.25) is 0 Å². The predicted molar refractivity (Wildman–Crippen MR) is 112 cm³/mol. The van der Waals surface area contributed by atoms with Gasteiger partial charge in [0, 0.05) is 31.6 Å². The number of alkyl carbamates (subject to hydrolysis) is 1. The normalized spacial score (nSPS) is 18.3. The number of amides is 1. The van der Waals surface area contributed by atoms with Crippen LogP contribution < -0.4 is 10.2 Å². The lowest BCUT2D eigenvalue weighted by atomic mass is 10.1. The maximum absolute atomic E-state index is 12.1. The third-order valence-electron chi connectivity index (χ3n) is 4.98. The lowest BCUT2D eigenvalue weighted by Crippen LogP contribution is -2.56. The Kier molecular flexibility index (Phi) is 5.04. The topological polar surface area (TPSA) is 83.7 Å². The van der Waals surface area contributed by atoms with Crippen molar-refractivity contribution in [1.82, 2.24) is 20.2 Å². The summed E-state index contributed by atoms with van der Waals surface area (Å²) in [5, 5.41) is 3.88. The van der Waals surface area contributed by atoms with Gasteiger partial charge in [-0.25, -0.2) is 14.8 Å². The fourth-order valence-electron chi connectivity index (χ4n) is 3.70. The number of furan rings is 1. The van der Waals surface area contributed by atoms with Crippen molar-refractivity contribution >= 4 is 34.0 Å². The highest BCUT2D eigenvalue weighted by Crippen LogP contribution is 2.33. The lowest BCUT2D eigenvalue weighted by Gasteiger charge is -2.40. The SMILES string of the molecule is CN1CCN(c2ncnc3c2oc2ccccc23)C(CNC(=O)OC(C)(C)C)C1. The molecule has 1 unspecified atom stereocenters. The molecular weight excluding hydrogens is 370 g/mol. The number of likely N-dealkylation sites (N-methyl/N-ethyl adjacent to an activating group) is 1. The van der Waals surface area contributed by atoms with Crippen molar-refractivity contribution in [1.29, 1.82) is 0 Å². The molecule has 1 aromatic carbocycles. The molecule has 1 aliphatic heterocycles. The van der Waals surface area contributed by atoms with Crippen molar-refractivity contribution in [3.05, 3.63) is 30.6 Å². The summed E-state index contributed by atoms with van der Waals surface area (Å²) in [4.78, 5) is 25.6. The van der Waals surface area contributed by atoms with E-state index in [-0.39, 0.29) is 6.04 Å². The Balaban J connectivity index is 1.62. The molecule has 3 aromatic rings. The van der Waals surface area contributed by atoms with E-state index in [1.807, 2.05) is 45.0 Å². The molecule has 0 bridgehead atoms. The Morgan fingerprint density at radius 3 is 2.86 bits per heavy atom. The van der Waals surface area contributed by atoms with Crippen LogP contribution in [0.2, 0.25) is 0 Å². The standard InChI is InChI=1S/C21H27N5O3/c1-21(2,3)29-20(27)22-11-14-12-25(4)9-10-26(14)19-18-17(23-13-24-19)15-7-5-6-8-16(15)28-18/h5-8,13-14H,9-12H2,1-4H3,(H,22,27). The highest BCUT2D eigenvalue weighted by molar-refractivity contribution is 6.05. The molecule has 0 radical (unpaired) electrons. The molecule has 8 nitrogen and oxygen atoms in total. The minimum atomic E-state index is -0.528. The van der Waals surface area contributed by atoms with Gasteiger partial charge < -0.3 is 24.3 Å². The van der Waals surface area contributed by atoms with Gasteiger partial charge in [0.05, 0.1) is 6.04 Å². The lowest BCUT2D eigenvalue weighted by molar-refractivity contribution is 0.0520. The van der Waals surface area contributed by atoms with Crippen molar-refractivity contribution in [2.24, 2.45) is 0 Å². The van der Waals surface area contributed by atoms with Crippen LogP contribution in [0.15, 0.2) is 35.0 Å². The summed E-state index contributed by atoms with van der Waals surface area (Å²) in [6.07, 6.45) is 1.17. The Morgan fingerprint density at radius 2 is 2.07 bits per heavy atom. The molecule has 1 fully saturated rings. The first-order chi connectivity index (χ1) is 13.8. The molecule has 1 N–H and O–H groups in total. The summed E-state index contributed by atoms with van der Waals surface area (Å²) in [6.45, 7) is 8.48. The summed E-state index contributed by atoms with van der Waals surface area (Å²) in [7, 11) is 2.08. The van der Waals surface area contributed by atoms with Crippen molar-refractivity contribution in [3.8, 4) is 0 Å². The first-order valence-corrected chi connectivity index (χ1v) is 9.86. The number of aromatic nitrogens is 2. The van der Waals surface area contributed by atoms with Crippen molar-refractivity contribution in [3.63, 3.8) is 0 Å². The number of nitrogens with zero attached hydrogens (tertiary/aromatic N) is 4. The fourth-order valence-corrected chi connectivity index (χ4v) is 3.70. The monoisotopic (exact) mass is 397 g/mol. The number of para-hydroxylation sites is 1. The molecule has 3 heterocycles. The van der Waals surface area contributed by atoms with Gasteiger partial charge in [-0.15, -0.1) is 0 Å². The number of carbonyl (C=O) groups is 1. The second-order valence-electron chi connectivity index (χ2n) is 8.47. The van der Waals surface area contributed by atoms with Crippen LogP contribution in [0, 0.1) is 0 Å². The van der Waals surface area contributed by atoms with Crippen LogP contribution in [-0.4, -0.2) is 65.8 Å². The molecular formula is C21H27N5O3. The average molecular weight is 397 g/mol. The first-order valence-electron chi connectivity index (χ1n) is 9.86. The highest BCUT2D eigenvalue weighted by Gasteiger charge is 2.30. The van der Waals surface area contributed by atoms with E-state index in [0.717, 1.165) is 41.9 Å². The number of rotatable bonds is 3. The van der Waals surface area contributed by atoms with E-state index >= 15 is 0 Å². The minimum Gasteiger partial charge on any atom is -0.450 e. The van der Waals surface area contributed by atoms with E-state index in [4.69, 9.17) is 9.15 Å². The Bertz CT molecular complexity index is 1030. The van der Waals surface area contributed by atoms with E-state index in [1.54, 1.807) is 6.33 Å². The highest BCUT2D eigenvalue weighted by atomic mass is 16.6. The largest absolute Gasteiger partial charge is 0.450 e. The van der Waals surface area contributed by atoms with Crippen LogP contribution in [-0.2, 0) is 4.74 Å². The molecule has 1 atom stereocenters. The molecule has 1 aliphatic rings. The van der Waals surface area contributed by atoms with E-state index in [0.29, 0.717) is 12.1 Å². The van der Waals surface area contributed by atoms with Crippen LogP contribution in [0.5, 0.6) is 0 Å². The zero-order valence-electron chi connectivity index (χ0n) is 17.3. The molecule has 1 saturated heterocycles. The molecule has 154 valence electrons. The van der Waals surface area contributed by atoms with Crippen LogP contribution in [0.1, 0.15) is 20.8 Å². The Morgan fingerprint density at radius 1 is 1.28 bits per heavy atom. The molecule has 8 heteroatoms. The number of anilines is 1. The van der Waals surface area contributed by atoms with Gasteiger partial charge in [0.25, 0.3) is 0 Å². The fraction of sp³-hybridized carbons (Fsp3) is 0.476. The first kappa shape index (κ1) is 19.4. The van der Waals surface area contributed by atoms with Gasteiger partial charge in [0.1, 0.15) is 23.0 Å². The van der Waals surface area contributed by atoms with Crippen molar-refractivity contribution in [2.75, 3.05) is 38.1 Å². The summed E-state index contributed by atoms with van der Waals surface area (Å²) in [5.74, 6) is 0.760. The second-order valence-corrected chi connectivity index (χ2v) is 8.47. The van der Waals surface area contributed by atoms with E-state index in [9.17, 15) is 4.79 Å². The molecule has 2 aromatic heterocycles. The third kappa shape index (κ3) is 4.12. The third-order valence-corrected chi connectivity index (χ3v) is 4.98. The number of nitrogens with one attached hydrogen (secondary N) is 1. The number of hydrogen-bond acceptors (Lipinski definition) is 7. The molecule has 0 aliphatic carbocycles. The maximum Gasteiger partial charge on any atom is 0.407 e. The van der Waals surface area contributed by atoms with Crippen molar-refractivity contribution < 1.29 is 13.9 Å². The molecule has 0 saturated carbocycles. The number of hydrogen-bond donors (Lipinski definition) is 1. The molecule has 4 rings (SSSR count). The van der Waals surface area contributed by atoms with Gasteiger partial charge in [-0.1, -0.05) is 12.1 Å². The number of benzene rings is 1. The van der Waals surface area contributed by atoms with Crippen LogP contribution >= 0.6 is 0 Å². The number of fused-ring (bicyclic) bond motifs is 3. The summed E-state index contributed by atoms with van der Waals surface area (Å²) in [5.41, 5.74) is 1.76. The van der Waals surface area contributed by atoms with Gasteiger partial charge in [-0.05, 0) is 40.0 Å². The second kappa shape index (κ2) is 7.51. The van der Waals surface area contributed by atoms with Crippen LogP contribution in [0.25, 0.3) is 22.1 Å². The number of ether oxygens (including phenoxy) is 1. The Labute approximate surface area is 169 Å². The Hall–Kier alpha value is -2.87. The van der Waals surface area contributed by atoms with Crippen molar-refractivity contribution in [2.45, 2.75) is 32.4 Å². The van der Waals surface area contributed by atoms with Gasteiger partial charge in [0.15, 0.2) is 11.4 Å². The predicted octanol–water partition coefficient (Wildman–Crippen LogP) is 3.02. The zero-order valence-corrected chi connectivity index (χ0v) is 17.3. The quantitative estimate of drug-likeness (QED) is 0.727. The van der Waals surface area contributed by atoms with Crippen LogP contribution in [0.4, 0.5) is 10.6 Å². The smallest absolute Gasteiger partial charge is 0.407 e. The average Bonchev–Trinajstić information content (AvgIpc) is 3.04. The summed E-state index contributed by atoms with van der Waals surface area (Å²) < 4.78 is 11.5. The number of piperazine rings is 1. The molecule has 29 heavy (non-hydrogen) atoms. The molecule has 1 amide bonds. The number of carbonyl (C=O) groups excluding carboxylic acids is 1. The summed E-state index contributed by atoms with van der Waals surface area (Å²) >= 11 is 0. The van der Waals surface area contributed by atoms with E-state index < -0.39 is 11.7 Å². The van der Waals surface area contributed by atoms with E-state index in [1.165, 1.54) is 0 Å². The van der Waals surface area contributed by atoms with E-state index in [2.05, 4.69) is 32.1 Å². The molecule has 0 spiro atoms. The van der Waals surface area contributed by atoms with Crippen LogP contribution in [0.3, 0.4) is 0 Å². The van der Waals surface area contributed by atoms with Gasteiger partial charge in [-0.3, -0.25) is 0 Å². The summed E-state index contributed by atoms with van der Waals surface area (Å²) in [6, 6.07) is 7.90. The maximum atomic E-state index is 12.1.